The van der Waals surface area contributed by atoms with Crippen molar-refractivity contribution >= 4 is 28.4 Å². The van der Waals surface area contributed by atoms with Gasteiger partial charge in [-0.15, -0.1) is 0 Å². The van der Waals surface area contributed by atoms with Crippen molar-refractivity contribution in [2.45, 2.75) is 38.8 Å². The van der Waals surface area contributed by atoms with Crippen molar-refractivity contribution in [3.05, 3.63) is 28.9 Å². The Labute approximate surface area is 134 Å². The number of H-pyrrole nitrogens is 1. The molecule has 1 fully saturated rings. The molecular weight excluding hydrogens is 304 g/mol. The highest BCUT2D eigenvalue weighted by atomic mass is 35.5. The van der Waals surface area contributed by atoms with E-state index < -0.39 is 0 Å². The van der Waals surface area contributed by atoms with Gasteiger partial charge in [0, 0.05) is 36.7 Å². The number of aromatic amines is 1. The first-order valence-electron chi connectivity index (χ1n) is 7.29. The average molecular weight is 325 g/mol. The van der Waals surface area contributed by atoms with Crippen LogP contribution in [0.25, 0.3) is 10.9 Å². The third kappa shape index (κ3) is 3.93. The molecule has 3 rings (SSSR count). The van der Waals surface area contributed by atoms with Gasteiger partial charge in [-0.3, -0.25) is 4.79 Å². The van der Waals surface area contributed by atoms with Gasteiger partial charge >= 0.3 is 0 Å². The molecule has 0 atom stereocenters. The molecule has 2 aromatic rings. The molecule has 0 aliphatic heterocycles. The zero-order chi connectivity index (χ0) is 16.1. The second kappa shape index (κ2) is 7.51. The summed E-state index contributed by atoms with van der Waals surface area (Å²) in [6.07, 6.45) is 3.74. The number of halogens is 1. The Balaban J connectivity index is 0.000000847. The lowest BCUT2D eigenvalue weighted by atomic mass is 9.96. The van der Waals surface area contributed by atoms with Gasteiger partial charge in [0.25, 0.3) is 0 Å². The number of aromatic nitrogens is 1. The molecule has 1 amide bonds. The molecule has 1 aromatic carbocycles. The van der Waals surface area contributed by atoms with E-state index in [0.717, 1.165) is 42.3 Å². The lowest BCUT2D eigenvalue weighted by molar-refractivity contribution is -0.119. The van der Waals surface area contributed by atoms with Crippen molar-refractivity contribution < 1.29 is 14.6 Å². The van der Waals surface area contributed by atoms with Crippen molar-refractivity contribution in [3.63, 3.8) is 0 Å². The summed E-state index contributed by atoms with van der Waals surface area (Å²) in [7, 11) is 1.00. The van der Waals surface area contributed by atoms with Crippen LogP contribution in [0.5, 0.6) is 5.75 Å². The van der Waals surface area contributed by atoms with Gasteiger partial charge in [-0.2, -0.15) is 0 Å². The number of carbonyl (C=O) groups excluding carboxylic acids is 1. The Bertz CT molecular complexity index is 650. The third-order valence-electron chi connectivity index (χ3n) is 3.60. The lowest BCUT2D eigenvalue weighted by Crippen LogP contribution is -2.24. The summed E-state index contributed by atoms with van der Waals surface area (Å²) in [5.41, 5.74) is 1.93. The smallest absolute Gasteiger partial charge is 0.217 e. The van der Waals surface area contributed by atoms with Crippen molar-refractivity contribution in [1.29, 1.82) is 0 Å². The fourth-order valence-electron chi connectivity index (χ4n) is 2.27. The van der Waals surface area contributed by atoms with E-state index in [2.05, 4.69) is 10.3 Å². The molecule has 0 bridgehead atoms. The number of carbonyl (C=O) groups is 1. The molecule has 1 heterocycles. The minimum absolute atomic E-state index is 0.0457. The fourth-order valence-corrected chi connectivity index (χ4v) is 2.48. The molecule has 22 heavy (non-hydrogen) atoms. The number of hydrogen-bond acceptors (Lipinski definition) is 3. The summed E-state index contributed by atoms with van der Waals surface area (Å²) in [6, 6.07) is 5.83. The topological polar surface area (TPSA) is 74.3 Å². The molecule has 6 heteroatoms. The average Bonchev–Trinajstić information content (AvgIpc) is 2.84. The SMILES string of the molecule is CC(=O)NCc1cc2cc(Cl)c(OC3CCC3)cc2[nH]1.CO. The van der Waals surface area contributed by atoms with Crippen LogP contribution in [0.2, 0.25) is 5.02 Å². The largest absolute Gasteiger partial charge is 0.489 e. The maximum Gasteiger partial charge on any atom is 0.217 e. The predicted molar refractivity (Wildman–Crippen MR) is 87.2 cm³/mol. The van der Waals surface area contributed by atoms with E-state index in [4.69, 9.17) is 21.4 Å². The van der Waals surface area contributed by atoms with Gasteiger partial charge in [0.1, 0.15) is 5.75 Å². The summed E-state index contributed by atoms with van der Waals surface area (Å²) >= 11 is 6.26. The Morgan fingerprint density at radius 1 is 1.41 bits per heavy atom. The van der Waals surface area contributed by atoms with Gasteiger partial charge in [0.2, 0.25) is 5.91 Å². The second-order valence-electron chi connectivity index (χ2n) is 5.24. The standard InChI is InChI=1S/C15H17ClN2O2.CH4O/c1-9(19)17-8-11-5-10-6-13(16)15(7-14(10)18-11)20-12-3-2-4-12;1-2/h5-7,12,18H,2-4,8H2,1H3,(H,17,19);2H,1H3. The van der Waals surface area contributed by atoms with E-state index in [1.54, 1.807) is 0 Å². The molecular formula is C16H21ClN2O3. The van der Waals surface area contributed by atoms with Crippen molar-refractivity contribution in [2.75, 3.05) is 7.11 Å². The van der Waals surface area contributed by atoms with E-state index in [9.17, 15) is 4.79 Å². The number of rotatable bonds is 4. The summed E-state index contributed by atoms with van der Waals surface area (Å²) in [4.78, 5) is 14.2. The molecule has 1 saturated carbocycles. The molecule has 1 aliphatic rings. The zero-order valence-corrected chi connectivity index (χ0v) is 13.5. The molecule has 1 aromatic heterocycles. The van der Waals surface area contributed by atoms with Gasteiger partial charge in [0.15, 0.2) is 0 Å². The summed E-state index contributed by atoms with van der Waals surface area (Å²) in [5.74, 6) is 0.687. The number of hydrogen-bond donors (Lipinski definition) is 3. The minimum atomic E-state index is -0.0457. The van der Waals surface area contributed by atoms with Crippen LogP contribution >= 0.6 is 11.6 Å². The highest BCUT2D eigenvalue weighted by Gasteiger charge is 2.20. The molecule has 0 radical (unpaired) electrons. The highest BCUT2D eigenvalue weighted by Crippen LogP contribution is 2.34. The number of benzene rings is 1. The van der Waals surface area contributed by atoms with Crippen molar-refractivity contribution in [2.24, 2.45) is 0 Å². The maximum absolute atomic E-state index is 10.9. The molecule has 120 valence electrons. The number of amides is 1. The van der Waals surface area contributed by atoms with Crippen LogP contribution in [-0.2, 0) is 11.3 Å². The molecule has 0 saturated heterocycles. The Kier molecular flexibility index (Phi) is 5.69. The van der Waals surface area contributed by atoms with Crippen molar-refractivity contribution in [3.8, 4) is 5.75 Å². The number of ether oxygens (including phenoxy) is 1. The molecule has 0 spiro atoms. The lowest BCUT2D eigenvalue weighted by Gasteiger charge is -2.26. The Hall–Kier alpha value is -1.72. The molecule has 1 aliphatic carbocycles. The molecule has 3 N–H and O–H groups in total. The van der Waals surface area contributed by atoms with Crippen molar-refractivity contribution in [1.82, 2.24) is 10.3 Å². The van der Waals surface area contributed by atoms with Gasteiger partial charge in [-0.05, 0) is 31.4 Å². The minimum Gasteiger partial charge on any atom is -0.489 e. The second-order valence-corrected chi connectivity index (χ2v) is 5.65. The van der Waals surface area contributed by atoms with E-state index in [1.807, 2.05) is 18.2 Å². The first-order valence-corrected chi connectivity index (χ1v) is 7.66. The zero-order valence-electron chi connectivity index (χ0n) is 12.8. The predicted octanol–water partition coefficient (Wildman–Crippen LogP) is 3.00. The summed E-state index contributed by atoms with van der Waals surface area (Å²) < 4.78 is 5.87. The van der Waals surface area contributed by atoms with E-state index in [0.29, 0.717) is 17.7 Å². The van der Waals surface area contributed by atoms with Crippen LogP contribution in [-0.4, -0.2) is 29.2 Å². The van der Waals surface area contributed by atoms with Crippen LogP contribution in [0.1, 0.15) is 31.9 Å². The van der Waals surface area contributed by atoms with Gasteiger partial charge in [-0.25, -0.2) is 0 Å². The number of fused-ring (bicyclic) bond motifs is 1. The Morgan fingerprint density at radius 2 is 2.14 bits per heavy atom. The summed E-state index contributed by atoms with van der Waals surface area (Å²) in [6.45, 7) is 1.99. The van der Waals surface area contributed by atoms with Crippen LogP contribution in [0.3, 0.4) is 0 Å². The molecule has 5 nitrogen and oxygen atoms in total. The maximum atomic E-state index is 10.9. The van der Waals surface area contributed by atoms with E-state index >= 15 is 0 Å². The Morgan fingerprint density at radius 3 is 2.73 bits per heavy atom. The third-order valence-corrected chi connectivity index (χ3v) is 3.90. The van der Waals surface area contributed by atoms with Crippen LogP contribution in [0, 0.1) is 0 Å². The number of aliphatic hydroxyl groups excluding tert-OH is 1. The van der Waals surface area contributed by atoms with Gasteiger partial charge in [0.05, 0.1) is 17.7 Å². The van der Waals surface area contributed by atoms with Crippen LogP contribution in [0.15, 0.2) is 18.2 Å². The molecule has 0 unspecified atom stereocenters. The van der Waals surface area contributed by atoms with Gasteiger partial charge in [-0.1, -0.05) is 11.6 Å². The summed E-state index contributed by atoms with van der Waals surface area (Å²) in [5, 5.41) is 11.4. The first-order chi connectivity index (χ1) is 10.6. The first kappa shape index (κ1) is 16.6. The number of aliphatic hydroxyl groups is 1. The fraction of sp³-hybridized carbons (Fsp3) is 0.438. The van der Waals surface area contributed by atoms with Crippen LogP contribution in [0.4, 0.5) is 0 Å². The quantitative estimate of drug-likeness (QED) is 0.809. The highest BCUT2D eigenvalue weighted by molar-refractivity contribution is 6.32. The monoisotopic (exact) mass is 324 g/mol. The number of nitrogens with one attached hydrogen (secondary N) is 2. The van der Waals surface area contributed by atoms with Crippen LogP contribution < -0.4 is 10.1 Å². The van der Waals surface area contributed by atoms with Gasteiger partial charge < -0.3 is 20.1 Å². The normalized spacial score (nSPS) is 14.0. The van der Waals surface area contributed by atoms with E-state index in [1.165, 1.54) is 13.3 Å². The van der Waals surface area contributed by atoms with E-state index in [-0.39, 0.29) is 5.91 Å².